The van der Waals surface area contributed by atoms with Gasteiger partial charge in [0, 0.05) is 6.42 Å². The fraction of sp³-hybridized carbons (Fsp3) is 0.808. The molecule has 0 saturated heterocycles. The molecule has 0 aromatic heterocycles. The van der Waals surface area contributed by atoms with Crippen LogP contribution in [0.2, 0.25) is 0 Å². The van der Waals surface area contributed by atoms with Gasteiger partial charge in [-0.25, -0.2) is 5.84 Å². The molecule has 0 aromatic rings. The predicted octanol–water partition coefficient (Wildman–Crippen LogP) is 3.55. The Morgan fingerprint density at radius 1 is 0.632 bits per heavy atom. The van der Waals surface area contributed by atoms with Crippen LogP contribution in [0.5, 0.6) is 0 Å². The number of rotatable bonds is 23. The van der Waals surface area contributed by atoms with Gasteiger partial charge in [0.1, 0.15) is 0 Å². The zero-order valence-corrected chi connectivity index (χ0v) is 22.6. The molecular weight excluding hydrogens is 500 g/mol. The number of nitrogens with one attached hydrogen (secondary N) is 1. The lowest BCUT2D eigenvalue weighted by atomic mass is 9.87. The minimum absolute atomic E-state index is 0.0618. The summed E-state index contributed by atoms with van der Waals surface area (Å²) in [5.74, 6) is -4.83. The van der Waals surface area contributed by atoms with Crippen LogP contribution < -0.4 is 11.3 Å². The van der Waals surface area contributed by atoms with Gasteiger partial charge in [0.25, 0.3) is 0 Å². The molecule has 0 saturated carbocycles. The molecule has 38 heavy (non-hydrogen) atoms. The Bertz CT molecular complexity index is 655. The number of amides is 1. The Kier molecular flexibility index (Phi) is 24.2. The van der Waals surface area contributed by atoms with Crippen LogP contribution in [0.25, 0.3) is 0 Å². The standard InChI is InChI=1S/C18H38N2O2.C8H10O8/c1-2-3-4-11-14-17(21)15-12-9-7-5-6-8-10-13-16-18(22)20-19;9-5(10)1-3(7(13)14)4(8(15)16)2-6(11)12/h17,21H,2-16,19H2,1H3,(H,20,22);3-4H,1-2H2,(H,9,10)(H,11,12)(H,13,14)(H,15,16). The van der Waals surface area contributed by atoms with Crippen LogP contribution in [0, 0.1) is 11.8 Å². The van der Waals surface area contributed by atoms with Crippen molar-refractivity contribution in [2.75, 3.05) is 0 Å². The number of carbonyl (C=O) groups is 5. The largest absolute Gasteiger partial charge is 0.481 e. The maximum atomic E-state index is 10.9. The minimum Gasteiger partial charge on any atom is -0.481 e. The molecule has 0 aliphatic rings. The van der Waals surface area contributed by atoms with Crippen molar-refractivity contribution in [2.45, 2.75) is 122 Å². The van der Waals surface area contributed by atoms with Crippen LogP contribution in [-0.2, 0) is 24.0 Å². The first-order valence-electron chi connectivity index (χ1n) is 13.5. The zero-order valence-electron chi connectivity index (χ0n) is 22.6. The van der Waals surface area contributed by atoms with Crippen LogP contribution in [-0.4, -0.2) is 61.4 Å². The van der Waals surface area contributed by atoms with Gasteiger partial charge < -0.3 is 25.5 Å². The van der Waals surface area contributed by atoms with E-state index in [0.29, 0.717) is 6.42 Å². The van der Waals surface area contributed by atoms with Gasteiger partial charge in [-0.2, -0.15) is 0 Å². The van der Waals surface area contributed by atoms with E-state index in [1.165, 1.54) is 57.8 Å². The van der Waals surface area contributed by atoms with E-state index in [4.69, 9.17) is 26.3 Å². The quantitative estimate of drug-likeness (QED) is 0.0423. The monoisotopic (exact) mass is 548 g/mol. The molecule has 0 spiro atoms. The number of aliphatic hydroxyl groups is 1. The summed E-state index contributed by atoms with van der Waals surface area (Å²) in [6, 6.07) is 0. The molecule has 0 fully saturated rings. The first-order valence-corrected chi connectivity index (χ1v) is 13.5. The van der Waals surface area contributed by atoms with Crippen molar-refractivity contribution < 1.29 is 49.5 Å². The lowest BCUT2D eigenvalue weighted by Crippen LogP contribution is -2.33. The summed E-state index contributed by atoms with van der Waals surface area (Å²) in [4.78, 5) is 52.8. The van der Waals surface area contributed by atoms with Crippen molar-refractivity contribution in [1.29, 1.82) is 0 Å². The number of unbranched alkanes of at least 4 members (excludes halogenated alkanes) is 10. The maximum Gasteiger partial charge on any atom is 0.307 e. The average Bonchev–Trinajstić information content (AvgIpc) is 2.84. The summed E-state index contributed by atoms with van der Waals surface area (Å²) < 4.78 is 0. The fourth-order valence-corrected chi connectivity index (χ4v) is 3.93. The maximum absolute atomic E-state index is 10.9. The van der Waals surface area contributed by atoms with E-state index < -0.39 is 48.6 Å². The molecule has 0 heterocycles. The van der Waals surface area contributed by atoms with Gasteiger partial charge in [-0.1, -0.05) is 77.6 Å². The van der Waals surface area contributed by atoms with Gasteiger partial charge in [0.05, 0.1) is 30.8 Å². The van der Waals surface area contributed by atoms with Crippen LogP contribution in [0.15, 0.2) is 0 Å². The smallest absolute Gasteiger partial charge is 0.307 e. The normalized spacial score (nSPS) is 12.9. The number of aliphatic hydroxyl groups excluding tert-OH is 1. The lowest BCUT2D eigenvalue weighted by Gasteiger charge is -2.16. The van der Waals surface area contributed by atoms with Crippen LogP contribution in [0.4, 0.5) is 0 Å². The highest BCUT2D eigenvalue weighted by atomic mass is 16.4. The lowest BCUT2D eigenvalue weighted by molar-refractivity contribution is -0.160. The van der Waals surface area contributed by atoms with Crippen molar-refractivity contribution in [3.05, 3.63) is 0 Å². The van der Waals surface area contributed by atoms with E-state index in [2.05, 4.69) is 12.3 Å². The predicted molar refractivity (Wildman–Crippen MR) is 140 cm³/mol. The molecule has 12 heteroatoms. The summed E-state index contributed by atoms with van der Waals surface area (Å²) in [5, 5.41) is 43.9. The molecule has 0 aliphatic carbocycles. The second kappa shape index (κ2) is 24.6. The first-order chi connectivity index (χ1) is 18.0. The van der Waals surface area contributed by atoms with E-state index in [1.807, 2.05) is 0 Å². The Labute approximate surface area is 225 Å². The van der Waals surface area contributed by atoms with Crippen LogP contribution in [0.3, 0.4) is 0 Å². The van der Waals surface area contributed by atoms with E-state index in [9.17, 15) is 29.1 Å². The summed E-state index contributed by atoms with van der Waals surface area (Å²) >= 11 is 0. The van der Waals surface area contributed by atoms with Crippen molar-refractivity contribution in [2.24, 2.45) is 17.7 Å². The summed E-state index contributed by atoms with van der Waals surface area (Å²) in [7, 11) is 0. The average molecular weight is 549 g/mol. The number of carboxylic acid groups (broad SMARTS) is 4. The number of aliphatic carboxylic acids is 4. The molecule has 0 radical (unpaired) electrons. The SMILES string of the molecule is CCCCCCC(O)CCCCCCCCCCC(=O)NN.O=C(O)CC(C(=O)O)C(CC(=O)O)C(=O)O. The van der Waals surface area contributed by atoms with E-state index in [-0.39, 0.29) is 12.0 Å². The topological polar surface area (TPSA) is 225 Å². The first kappa shape index (κ1) is 37.4. The minimum atomic E-state index is -1.76. The van der Waals surface area contributed by atoms with E-state index in [1.54, 1.807) is 0 Å². The Balaban J connectivity index is 0. The number of hydrogen-bond donors (Lipinski definition) is 7. The third-order valence-corrected chi connectivity index (χ3v) is 6.15. The number of hydrogen-bond acceptors (Lipinski definition) is 7. The molecule has 3 atom stereocenters. The number of carbonyl (C=O) groups excluding carboxylic acids is 1. The molecule has 222 valence electrons. The molecule has 1 amide bonds. The summed E-state index contributed by atoms with van der Waals surface area (Å²) in [5.41, 5.74) is 2.16. The van der Waals surface area contributed by atoms with Crippen molar-refractivity contribution in [1.82, 2.24) is 5.43 Å². The third-order valence-electron chi connectivity index (χ3n) is 6.15. The van der Waals surface area contributed by atoms with Gasteiger partial charge in [-0.05, 0) is 19.3 Å². The van der Waals surface area contributed by atoms with Crippen LogP contribution in [0.1, 0.15) is 116 Å². The number of nitrogens with two attached hydrogens (primary N) is 1. The number of carboxylic acids is 4. The Morgan fingerprint density at radius 2 is 1.00 bits per heavy atom. The summed E-state index contributed by atoms with van der Waals surface area (Å²) in [6.45, 7) is 2.22. The van der Waals surface area contributed by atoms with Crippen molar-refractivity contribution in [3.8, 4) is 0 Å². The van der Waals surface area contributed by atoms with Gasteiger partial charge in [-0.15, -0.1) is 0 Å². The highest BCUT2D eigenvalue weighted by Gasteiger charge is 2.36. The molecule has 0 aliphatic heterocycles. The second-order valence-corrected chi connectivity index (χ2v) is 9.52. The van der Waals surface area contributed by atoms with E-state index in [0.717, 1.165) is 32.1 Å². The highest BCUT2D eigenvalue weighted by molar-refractivity contribution is 5.86. The van der Waals surface area contributed by atoms with Gasteiger partial charge >= 0.3 is 23.9 Å². The fourth-order valence-electron chi connectivity index (χ4n) is 3.93. The Morgan fingerprint density at radius 3 is 1.34 bits per heavy atom. The molecule has 0 rings (SSSR count). The van der Waals surface area contributed by atoms with Crippen molar-refractivity contribution in [3.63, 3.8) is 0 Å². The number of hydrazine groups is 1. The van der Waals surface area contributed by atoms with Gasteiger partial charge in [0.15, 0.2) is 0 Å². The zero-order chi connectivity index (χ0) is 29.3. The molecule has 0 bridgehead atoms. The second-order valence-electron chi connectivity index (χ2n) is 9.52. The molecule has 0 aromatic carbocycles. The van der Waals surface area contributed by atoms with E-state index >= 15 is 0 Å². The van der Waals surface area contributed by atoms with Crippen molar-refractivity contribution >= 4 is 29.8 Å². The third kappa shape index (κ3) is 23.7. The van der Waals surface area contributed by atoms with Crippen LogP contribution >= 0.6 is 0 Å². The Hall–Kier alpha value is -2.73. The van der Waals surface area contributed by atoms with Gasteiger partial charge in [0.2, 0.25) is 5.91 Å². The molecule has 3 unspecified atom stereocenters. The molecule has 8 N–H and O–H groups in total. The molecule has 12 nitrogen and oxygen atoms in total. The summed E-state index contributed by atoms with van der Waals surface area (Å²) in [6.07, 6.45) is 15.0. The highest BCUT2D eigenvalue weighted by Crippen LogP contribution is 2.21. The molecular formula is C26H48N2O10. The van der Waals surface area contributed by atoms with Gasteiger partial charge in [-0.3, -0.25) is 29.4 Å².